The molecule has 1 fully saturated rings. The fourth-order valence-corrected chi connectivity index (χ4v) is 4.08. The Morgan fingerprint density at radius 3 is 2.29 bits per heavy atom. The van der Waals surface area contributed by atoms with E-state index in [-0.39, 0.29) is 11.3 Å². The molecular weight excluding hydrogens is 436 g/mol. The van der Waals surface area contributed by atoms with E-state index in [9.17, 15) is 14.7 Å². The predicted octanol–water partition coefficient (Wildman–Crippen LogP) is 3.39. The Morgan fingerprint density at radius 2 is 1.71 bits per heavy atom. The quantitative estimate of drug-likeness (QED) is 0.343. The first-order valence-electron chi connectivity index (χ1n) is 11.1. The molecule has 0 spiro atoms. The van der Waals surface area contributed by atoms with Crippen molar-refractivity contribution < 1.29 is 28.9 Å². The molecule has 1 aliphatic heterocycles. The van der Waals surface area contributed by atoms with E-state index in [4.69, 9.17) is 14.2 Å². The molecule has 2 aromatic rings. The minimum Gasteiger partial charge on any atom is -0.507 e. The number of hydrogen-bond acceptors (Lipinski definition) is 7. The van der Waals surface area contributed by atoms with Crippen molar-refractivity contribution in [1.29, 1.82) is 0 Å². The second-order valence-corrected chi connectivity index (χ2v) is 8.32. The van der Waals surface area contributed by atoms with Gasteiger partial charge in [-0.15, -0.1) is 0 Å². The average Bonchev–Trinajstić information content (AvgIpc) is 3.07. The second-order valence-electron chi connectivity index (χ2n) is 8.32. The molecule has 3 rings (SSSR count). The van der Waals surface area contributed by atoms with E-state index in [2.05, 4.69) is 0 Å². The van der Waals surface area contributed by atoms with Gasteiger partial charge in [-0.3, -0.25) is 9.59 Å². The van der Waals surface area contributed by atoms with Crippen molar-refractivity contribution in [2.75, 3.05) is 48.0 Å². The maximum absolute atomic E-state index is 13.2. The molecular formula is C26H32N2O6. The molecule has 1 saturated heterocycles. The van der Waals surface area contributed by atoms with Gasteiger partial charge in [-0.05, 0) is 69.4 Å². The highest BCUT2D eigenvalue weighted by atomic mass is 16.5. The SMILES string of the molecule is CCOc1ccc([C@H]2/C(=C(\O)c3ccc(OC)c(C)c3)C(=O)C(=O)N2CCN(C)C)cc1OC. The number of likely N-dealkylation sites (N-methyl/N-ethyl adjacent to an activating group) is 1. The van der Waals surface area contributed by atoms with E-state index in [0.29, 0.717) is 48.1 Å². The number of aliphatic hydroxyl groups excluding tert-OH is 1. The van der Waals surface area contributed by atoms with Crippen molar-refractivity contribution >= 4 is 17.4 Å². The number of Topliss-reactive ketones (excluding diaryl/α,β-unsaturated/α-hetero) is 1. The van der Waals surface area contributed by atoms with Gasteiger partial charge in [-0.2, -0.15) is 0 Å². The van der Waals surface area contributed by atoms with Crippen LogP contribution in [0.1, 0.15) is 29.7 Å². The fourth-order valence-electron chi connectivity index (χ4n) is 4.08. The van der Waals surface area contributed by atoms with Gasteiger partial charge in [0.2, 0.25) is 0 Å². The van der Waals surface area contributed by atoms with Gasteiger partial charge in [-0.25, -0.2) is 0 Å². The van der Waals surface area contributed by atoms with Crippen LogP contribution in [0.25, 0.3) is 5.76 Å². The Labute approximate surface area is 200 Å². The topological polar surface area (TPSA) is 88.5 Å². The summed E-state index contributed by atoms with van der Waals surface area (Å²) in [7, 11) is 6.89. The van der Waals surface area contributed by atoms with Crippen LogP contribution in [0.5, 0.6) is 17.2 Å². The minimum absolute atomic E-state index is 0.0412. The van der Waals surface area contributed by atoms with Crippen molar-refractivity contribution in [2.45, 2.75) is 19.9 Å². The number of methoxy groups -OCH3 is 2. The van der Waals surface area contributed by atoms with Crippen LogP contribution in [0.3, 0.4) is 0 Å². The van der Waals surface area contributed by atoms with Crippen LogP contribution in [0.15, 0.2) is 42.0 Å². The van der Waals surface area contributed by atoms with Gasteiger partial charge in [0.1, 0.15) is 11.5 Å². The zero-order valence-corrected chi connectivity index (χ0v) is 20.5. The van der Waals surface area contributed by atoms with Crippen LogP contribution in [0.4, 0.5) is 0 Å². The molecule has 8 nitrogen and oxygen atoms in total. The van der Waals surface area contributed by atoms with E-state index in [1.165, 1.54) is 12.0 Å². The molecule has 8 heteroatoms. The van der Waals surface area contributed by atoms with Gasteiger partial charge in [0.15, 0.2) is 11.5 Å². The van der Waals surface area contributed by atoms with Crippen LogP contribution < -0.4 is 14.2 Å². The molecule has 1 atom stereocenters. The summed E-state index contributed by atoms with van der Waals surface area (Å²) in [5, 5.41) is 11.3. The number of rotatable bonds is 9. The lowest BCUT2D eigenvalue weighted by Crippen LogP contribution is -2.35. The Morgan fingerprint density at radius 1 is 1.03 bits per heavy atom. The summed E-state index contributed by atoms with van der Waals surface area (Å²) in [5.41, 5.74) is 1.92. The van der Waals surface area contributed by atoms with Crippen LogP contribution in [0, 0.1) is 6.92 Å². The smallest absolute Gasteiger partial charge is 0.295 e. The van der Waals surface area contributed by atoms with E-state index in [1.54, 1.807) is 43.5 Å². The lowest BCUT2D eigenvalue weighted by molar-refractivity contribution is -0.140. The van der Waals surface area contributed by atoms with Crippen molar-refractivity contribution in [2.24, 2.45) is 0 Å². The van der Waals surface area contributed by atoms with Gasteiger partial charge in [0, 0.05) is 18.7 Å². The molecule has 34 heavy (non-hydrogen) atoms. The number of ketones is 1. The number of carbonyl (C=O) groups excluding carboxylic acids is 2. The van der Waals surface area contributed by atoms with Crippen molar-refractivity contribution in [1.82, 2.24) is 9.80 Å². The predicted molar refractivity (Wildman–Crippen MR) is 129 cm³/mol. The minimum atomic E-state index is -0.771. The molecule has 1 heterocycles. The highest BCUT2D eigenvalue weighted by Crippen LogP contribution is 2.42. The number of aryl methyl sites for hydroxylation is 1. The number of aliphatic hydroxyl groups is 1. The first-order chi connectivity index (χ1) is 16.2. The monoisotopic (exact) mass is 468 g/mol. The summed E-state index contributed by atoms with van der Waals surface area (Å²) >= 11 is 0. The highest BCUT2D eigenvalue weighted by molar-refractivity contribution is 6.46. The highest BCUT2D eigenvalue weighted by Gasteiger charge is 2.46. The number of carbonyl (C=O) groups is 2. The molecule has 0 aromatic heterocycles. The van der Waals surface area contributed by atoms with Gasteiger partial charge in [0.05, 0.1) is 32.4 Å². The van der Waals surface area contributed by atoms with Crippen LogP contribution in [-0.2, 0) is 9.59 Å². The van der Waals surface area contributed by atoms with Gasteiger partial charge in [0.25, 0.3) is 11.7 Å². The second kappa shape index (κ2) is 10.6. The summed E-state index contributed by atoms with van der Waals surface area (Å²) in [4.78, 5) is 29.7. The average molecular weight is 469 g/mol. The largest absolute Gasteiger partial charge is 0.507 e. The molecule has 2 aromatic carbocycles. The zero-order valence-electron chi connectivity index (χ0n) is 20.5. The lowest BCUT2D eigenvalue weighted by atomic mass is 9.94. The molecule has 1 aliphatic rings. The number of nitrogens with zero attached hydrogens (tertiary/aromatic N) is 2. The van der Waals surface area contributed by atoms with Crippen molar-refractivity contribution in [3.05, 3.63) is 58.7 Å². The van der Waals surface area contributed by atoms with E-state index >= 15 is 0 Å². The Bertz CT molecular complexity index is 1110. The maximum atomic E-state index is 13.2. The Hall–Kier alpha value is -3.52. The van der Waals surface area contributed by atoms with Crippen molar-refractivity contribution in [3.63, 3.8) is 0 Å². The first kappa shape index (κ1) is 25.1. The van der Waals surface area contributed by atoms with E-state index < -0.39 is 17.7 Å². The summed E-state index contributed by atoms with van der Waals surface area (Å²) in [6.45, 7) is 5.06. The first-order valence-corrected chi connectivity index (χ1v) is 11.1. The maximum Gasteiger partial charge on any atom is 0.295 e. The van der Waals surface area contributed by atoms with E-state index in [1.807, 2.05) is 32.8 Å². The third-order valence-corrected chi connectivity index (χ3v) is 5.80. The third-order valence-electron chi connectivity index (χ3n) is 5.80. The van der Waals surface area contributed by atoms with Gasteiger partial charge in [-0.1, -0.05) is 6.07 Å². The van der Waals surface area contributed by atoms with Gasteiger partial charge >= 0.3 is 0 Å². The van der Waals surface area contributed by atoms with Crippen LogP contribution >= 0.6 is 0 Å². The summed E-state index contributed by atoms with van der Waals surface area (Å²) < 4.78 is 16.4. The van der Waals surface area contributed by atoms with Gasteiger partial charge < -0.3 is 29.1 Å². The lowest BCUT2D eigenvalue weighted by Gasteiger charge is -2.27. The summed E-state index contributed by atoms with van der Waals surface area (Å²) in [5.74, 6) is 0.113. The molecule has 182 valence electrons. The molecule has 0 radical (unpaired) electrons. The Kier molecular flexibility index (Phi) is 7.83. The van der Waals surface area contributed by atoms with Crippen molar-refractivity contribution in [3.8, 4) is 17.2 Å². The third kappa shape index (κ3) is 4.87. The summed E-state index contributed by atoms with van der Waals surface area (Å²) in [6.07, 6.45) is 0. The molecule has 0 saturated carbocycles. The molecule has 0 aliphatic carbocycles. The zero-order chi connectivity index (χ0) is 25.0. The number of amides is 1. The molecule has 1 N–H and O–H groups in total. The Balaban J connectivity index is 2.18. The van der Waals surface area contributed by atoms with Crippen LogP contribution in [0.2, 0.25) is 0 Å². The molecule has 0 unspecified atom stereocenters. The van der Waals surface area contributed by atoms with Crippen LogP contribution in [-0.4, -0.2) is 74.6 Å². The summed E-state index contributed by atoms with van der Waals surface area (Å²) in [6, 6.07) is 9.65. The molecule has 1 amide bonds. The standard InChI is InChI=1S/C26H32N2O6/c1-7-34-20-11-8-17(15-21(20)33-6)23-22(25(30)26(31)28(23)13-12-27(3)4)24(29)18-9-10-19(32-5)16(2)14-18/h8-11,14-15,23,29H,7,12-13H2,1-6H3/b24-22+/t23-/m0/s1. The molecule has 0 bridgehead atoms. The normalized spacial score (nSPS) is 17.4. The number of likely N-dealkylation sites (tertiary alicyclic amines) is 1. The number of hydrogen-bond donors (Lipinski definition) is 1. The number of benzene rings is 2. The number of ether oxygens (including phenoxy) is 3. The van der Waals surface area contributed by atoms with E-state index in [0.717, 1.165) is 5.56 Å². The fraction of sp³-hybridized carbons (Fsp3) is 0.385.